The van der Waals surface area contributed by atoms with Crippen LogP contribution in [0, 0.1) is 0 Å². The lowest BCUT2D eigenvalue weighted by molar-refractivity contribution is -0.108. The Morgan fingerprint density at radius 3 is 2.57 bits per heavy atom. The van der Waals surface area contributed by atoms with Gasteiger partial charge in [-0.05, 0) is 13.6 Å². The lowest BCUT2D eigenvalue weighted by atomic mass is 10.4. The Kier molecular flexibility index (Phi) is 4.26. The fourth-order valence-electron chi connectivity index (χ4n) is 0.262. The summed E-state index contributed by atoms with van der Waals surface area (Å²) in [6, 6.07) is 0.0309. The SMILES string of the molecule is CPN[C@@H](C)C=O. The molecule has 2 nitrogen and oxygen atoms in total. The summed E-state index contributed by atoms with van der Waals surface area (Å²) in [6.45, 7) is 3.84. The van der Waals surface area contributed by atoms with Gasteiger partial charge in [-0.25, -0.2) is 0 Å². The first-order valence-electron chi connectivity index (χ1n) is 2.19. The molecule has 1 N–H and O–H groups in total. The van der Waals surface area contributed by atoms with E-state index in [0.717, 1.165) is 6.29 Å². The molecule has 42 valence electrons. The van der Waals surface area contributed by atoms with E-state index >= 15 is 0 Å². The second-order valence-electron chi connectivity index (χ2n) is 1.32. The molecule has 0 aromatic rings. The minimum Gasteiger partial charge on any atom is -0.302 e. The van der Waals surface area contributed by atoms with Crippen LogP contribution in [0.3, 0.4) is 0 Å². The number of aldehydes is 1. The summed E-state index contributed by atoms with van der Waals surface area (Å²) < 4.78 is 0. The highest BCUT2D eigenvalue weighted by molar-refractivity contribution is 7.34. The molecule has 0 aliphatic heterocycles. The van der Waals surface area contributed by atoms with Gasteiger partial charge in [-0.1, -0.05) is 8.73 Å². The minimum absolute atomic E-state index is 0.0309. The van der Waals surface area contributed by atoms with E-state index in [1.165, 1.54) is 0 Å². The van der Waals surface area contributed by atoms with E-state index < -0.39 is 0 Å². The maximum absolute atomic E-state index is 9.84. The zero-order valence-corrected chi connectivity index (χ0v) is 5.56. The van der Waals surface area contributed by atoms with Crippen LogP contribution >= 0.6 is 8.73 Å². The largest absolute Gasteiger partial charge is 0.302 e. The Hall–Kier alpha value is 0.0600. The van der Waals surface area contributed by atoms with Gasteiger partial charge in [-0.3, -0.25) is 5.09 Å². The average Bonchev–Trinajstić information content (AvgIpc) is 1.68. The van der Waals surface area contributed by atoms with Crippen LogP contribution in [0.25, 0.3) is 0 Å². The van der Waals surface area contributed by atoms with E-state index in [1.807, 2.05) is 13.6 Å². The van der Waals surface area contributed by atoms with E-state index in [-0.39, 0.29) is 6.04 Å². The molecule has 0 fully saturated rings. The summed E-state index contributed by atoms with van der Waals surface area (Å²) in [5, 5.41) is 2.95. The van der Waals surface area contributed by atoms with E-state index in [2.05, 4.69) is 5.09 Å². The summed E-state index contributed by atoms with van der Waals surface area (Å²) in [7, 11) is 0.664. The lowest BCUT2D eigenvalue weighted by Gasteiger charge is -1.99. The molecule has 3 heteroatoms. The Bertz CT molecular complexity index is 57.7. The standard InChI is InChI=1S/C4H10NOP/c1-4(3-6)5-7-2/h3-5,7H,1-2H3/t4-/m0/s1. The third kappa shape index (κ3) is 3.90. The molecule has 0 aromatic heterocycles. The van der Waals surface area contributed by atoms with Gasteiger partial charge in [0.1, 0.15) is 6.29 Å². The van der Waals surface area contributed by atoms with Gasteiger partial charge in [0, 0.05) is 0 Å². The van der Waals surface area contributed by atoms with E-state index in [4.69, 9.17) is 0 Å². The van der Waals surface area contributed by atoms with Gasteiger partial charge in [0.15, 0.2) is 0 Å². The van der Waals surface area contributed by atoms with Crippen LogP contribution in [0.4, 0.5) is 0 Å². The molecule has 0 heterocycles. The predicted octanol–water partition coefficient (Wildman–Crippen LogP) is 0.387. The van der Waals surface area contributed by atoms with Crippen molar-refractivity contribution < 1.29 is 4.79 Å². The van der Waals surface area contributed by atoms with Crippen LogP contribution in [0.1, 0.15) is 6.92 Å². The van der Waals surface area contributed by atoms with Crippen molar-refractivity contribution in [3.63, 3.8) is 0 Å². The summed E-state index contributed by atoms with van der Waals surface area (Å²) in [5.74, 6) is 0. The monoisotopic (exact) mass is 119 g/mol. The third-order valence-electron chi connectivity index (χ3n) is 0.576. The average molecular weight is 119 g/mol. The van der Waals surface area contributed by atoms with Crippen molar-refractivity contribution in [2.75, 3.05) is 6.66 Å². The van der Waals surface area contributed by atoms with Crippen LogP contribution in [0.15, 0.2) is 0 Å². The Labute approximate surface area is 45.5 Å². The second-order valence-corrected chi connectivity index (χ2v) is 2.11. The molecule has 0 radical (unpaired) electrons. The Morgan fingerprint density at radius 1 is 1.86 bits per heavy atom. The van der Waals surface area contributed by atoms with Gasteiger partial charge >= 0.3 is 0 Å². The number of carbonyl (C=O) groups is 1. The molecule has 0 aromatic carbocycles. The maximum atomic E-state index is 9.84. The van der Waals surface area contributed by atoms with E-state index in [1.54, 1.807) is 0 Å². The fourth-order valence-corrected chi connectivity index (χ4v) is 0.785. The van der Waals surface area contributed by atoms with Gasteiger partial charge in [0.05, 0.1) is 6.04 Å². The molecule has 0 aliphatic carbocycles. The number of hydrogen-bond donors (Lipinski definition) is 1. The molecule has 2 atom stereocenters. The zero-order valence-electron chi connectivity index (χ0n) is 4.56. The summed E-state index contributed by atoms with van der Waals surface area (Å²) in [4.78, 5) is 9.84. The molecule has 1 unspecified atom stereocenters. The molecule has 0 amide bonds. The molecule has 0 rings (SSSR count). The highest BCUT2D eigenvalue weighted by Crippen LogP contribution is 1.93. The molecule has 7 heavy (non-hydrogen) atoms. The molecular weight excluding hydrogens is 109 g/mol. The summed E-state index contributed by atoms with van der Waals surface area (Å²) in [5.41, 5.74) is 0. The first-order valence-corrected chi connectivity index (χ1v) is 3.69. The normalized spacial score (nSPS) is 15.1. The molecular formula is C4H10NOP. The Balaban J connectivity index is 2.98. The smallest absolute Gasteiger partial charge is 0.136 e. The number of hydrogen-bond acceptors (Lipinski definition) is 2. The highest BCUT2D eigenvalue weighted by Gasteiger charge is 1.90. The number of rotatable bonds is 3. The number of nitrogens with one attached hydrogen (secondary N) is 1. The van der Waals surface area contributed by atoms with Gasteiger partial charge in [0.25, 0.3) is 0 Å². The van der Waals surface area contributed by atoms with Crippen molar-refractivity contribution in [1.82, 2.24) is 5.09 Å². The third-order valence-corrected chi connectivity index (χ3v) is 1.32. The lowest BCUT2D eigenvalue weighted by Crippen LogP contribution is -2.17. The topological polar surface area (TPSA) is 29.1 Å². The predicted molar refractivity (Wildman–Crippen MR) is 32.9 cm³/mol. The van der Waals surface area contributed by atoms with Crippen molar-refractivity contribution in [3.05, 3.63) is 0 Å². The summed E-state index contributed by atoms with van der Waals surface area (Å²) >= 11 is 0. The number of carbonyl (C=O) groups excluding carboxylic acids is 1. The summed E-state index contributed by atoms with van der Waals surface area (Å²) in [6.07, 6.45) is 0.899. The van der Waals surface area contributed by atoms with E-state index in [0.29, 0.717) is 8.73 Å². The molecule has 0 bridgehead atoms. The van der Waals surface area contributed by atoms with Gasteiger partial charge in [0.2, 0.25) is 0 Å². The molecule has 0 saturated carbocycles. The van der Waals surface area contributed by atoms with Crippen molar-refractivity contribution in [3.8, 4) is 0 Å². The quantitative estimate of drug-likeness (QED) is 0.430. The molecule has 0 saturated heterocycles. The van der Waals surface area contributed by atoms with Crippen LogP contribution < -0.4 is 5.09 Å². The molecule has 0 aliphatic rings. The zero-order chi connectivity index (χ0) is 5.70. The fraction of sp³-hybridized carbons (Fsp3) is 0.750. The second kappa shape index (κ2) is 4.23. The van der Waals surface area contributed by atoms with Gasteiger partial charge in [-0.2, -0.15) is 0 Å². The maximum Gasteiger partial charge on any atom is 0.136 e. The van der Waals surface area contributed by atoms with Crippen LogP contribution in [0.2, 0.25) is 0 Å². The highest BCUT2D eigenvalue weighted by atomic mass is 31.1. The van der Waals surface area contributed by atoms with Crippen molar-refractivity contribution in [1.29, 1.82) is 0 Å². The van der Waals surface area contributed by atoms with Gasteiger partial charge in [-0.15, -0.1) is 0 Å². The minimum atomic E-state index is 0.0309. The van der Waals surface area contributed by atoms with Gasteiger partial charge < -0.3 is 4.79 Å². The molecule has 0 spiro atoms. The van der Waals surface area contributed by atoms with Crippen LogP contribution in [0.5, 0.6) is 0 Å². The van der Waals surface area contributed by atoms with Crippen molar-refractivity contribution in [2.45, 2.75) is 13.0 Å². The van der Waals surface area contributed by atoms with Crippen molar-refractivity contribution >= 4 is 15.0 Å². The van der Waals surface area contributed by atoms with Crippen molar-refractivity contribution in [2.24, 2.45) is 0 Å². The van der Waals surface area contributed by atoms with Crippen LogP contribution in [-0.4, -0.2) is 19.0 Å². The van der Waals surface area contributed by atoms with Crippen LogP contribution in [-0.2, 0) is 4.79 Å². The Morgan fingerprint density at radius 2 is 2.43 bits per heavy atom. The first kappa shape index (κ1) is 7.06. The van der Waals surface area contributed by atoms with E-state index in [9.17, 15) is 4.79 Å². The first-order chi connectivity index (χ1) is 3.31.